The molecule has 4 N–H and O–H groups in total. The molecular formula is C25H35Cl2N3O3S. The summed E-state index contributed by atoms with van der Waals surface area (Å²) in [5.41, 5.74) is 3.74. The van der Waals surface area contributed by atoms with Crippen LogP contribution in [0.2, 0.25) is 0 Å². The number of aromatic hydroxyl groups is 1. The van der Waals surface area contributed by atoms with Gasteiger partial charge in [-0.15, -0.1) is 24.8 Å². The molecule has 188 valence electrons. The van der Waals surface area contributed by atoms with Crippen LogP contribution in [0.3, 0.4) is 0 Å². The standard InChI is InChI=1S/C25H33N3O3S.2ClH/c29-21-9-8-20(24-23(21)27-25(31)32-24)22(30)17-26-12-10-18-6-5-7-19(16-18)11-15-28-13-3-1-2-4-14-28;;/h5-9,16,22,26,29-30H,1-4,10-15,17H2,(H,27,31);2*1H. The molecule has 2 heterocycles. The molecule has 0 bridgehead atoms. The Bertz CT molecular complexity index is 1080. The molecule has 1 fully saturated rings. The van der Waals surface area contributed by atoms with Gasteiger partial charge in [-0.05, 0) is 62.5 Å². The molecule has 0 saturated carbocycles. The average molecular weight is 529 g/mol. The number of likely N-dealkylation sites (tertiary alicyclic amines) is 1. The first kappa shape index (κ1) is 28.6. The molecule has 9 heteroatoms. The summed E-state index contributed by atoms with van der Waals surface area (Å²) in [5.74, 6) is 0.0259. The van der Waals surface area contributed by atoms with E-state index in [1.54, 1.807) is 6.07 Å². The second-order valence-electron chi connectivity index (χ2n) is 8.69. The van der Waals surface area contributed by atoms with Gasteiger partial charge in [-0.25, -0.2) is 0 Å². The van der Waals surface area contributed by atoms with Crippen LogP contribution in [-0.2, 0) is 12.8 Å². The molecule has 1 aromatic heterocycles. The Balaban J connectivity index is 0.00000204. The van der Waals surface area contributed by atoms with Crippen LogP contribution >= 0.6 is 36.2 Å². The van der Waals surface area contributed by atoms with Crippen molar-refractivity contribution in [3.05, 3.63) is 62.8 Å². The van der Waals surface area contributed by atoms with E-state index < -0.39 is 6.10 Å². The Kier molecular flexibility index (Phi) is 11.8. The lowest BCUT2D eigenvalue weighted by atomic mass is 10.1. The number of hydrogen-bond donors (Lipinski definition) is 4. The fourth-order valence-corrected chi connectivity index (χ4v) is 5.39. The third kappa shape index (κ3) is 7.70. The molecule has 1 unspecified atom stereocenters. The molecule has 3 aromatic rings. The number of phenolic OH excluding ortho intramolecular Hbond substituents is 1. The van der Waals surface area contributed by atoms with Gasteiger partial charge in [-0.2, -0.15) is 0 Å². The monoisotopic (exact) mass is 527 g/mol. The topological polar surface area (TPSA) is 88.6 Å². The highest BCUT2D eigenvalue weighted by molar-refractivity contribution is 7.16. The highest BCUT2D eigenvalue weighted by Gasteiger charge is 2.16. The lowest BCUT2D eigenvalue weighted by Crippen LogP contribution is -2.27. The number of aromatic nitrogens is 1. The van der Waals surface area contributed by atoms with Crippen molar-refractivity contribution in [1.29, 1.82) is 0 Å². The Morgan fingerprint density at radius 2 is 1.74 bits per heavy atom. The lowest BCUT2D eigenvalue weighted by Gasteiger charge is -2.19. The van der Waals surface area contributed by atoms with E-state index in [-0.39, 0.29) is 35.4 Å². The summed E-state index contributed by atoms with van der Waals surface area (Å²) in [7, 11) is 0. The van der Waals surface area contributed by atoms with Crippen molar-refractivity contribution in [1.82, 2.24) is 15.2 Å². The first-order valence-corrected chi connectivity index (χ1v) is 12.5. The zero-order valence-corrected chi connectivity index (χ0v) is 21.7. The Labute approximate surface area is 217 Å². The summed E-state index contributed by atoms with van der Waals surface area (Å²) in [5, 5.41) is 23.9. The van der Waals surface area contributed by atoms with Gasteiger partial charge in [0.05, 0.1) is 10.8 Å². The fourth-order valence-electron chi connectivity index (χ4n) is 4.47. The largest absolute Gasteiger partial charge is 0.506 e. The minimum Gasteiger partial charge on any atom is -0.506 e. The minimum atomic E-state index is -0.746. The number of H-pyrrole nitrogens is 1. The van der Waals surface area contributed by atoms with Crippen LogP contribution < -0.4 is 10.2 Å². The van der Waals surface area contributed by atoms with Crippen LogP contribution in [0.25, 0.3) is 10.2 Å². The van der Waals surface area contributed by atoms with Crippen molar-refractivity contribution in [2.24, 2.45) is 0 Å². The van der Waals surface area contributed by atoms with Crippen LogP contribution in [0, 0.1) is 0 Å². The van der Waals surface area contributed by atoms with Gasteiger partial charge >= 0.3 is 4.87 Å². The second-order valence-corrected chi connectivity index (χ2v) is 9.67. The van der Waals surface area contributed by atoms with Crippen molar-refractivity contribution in [3.63, 3.8) is 0 Å². The van der Waals surface area contributed by atoms with Crippen LogP contribution in [0.1, 0.15) is 48.5 Å². The van der Waals surface area contributed by atoms with Gasteiger partial charge in [0.15, 0.2) is 0 Å². The molecule has 2 aromatic carbocycles. The number of benzene rings is 2. The van der Waals surface area contributed by atoms with Crippen LogP contribution in [0.5, 0.6) is 5.75 Å². The normalized spacial score (nSPS) is 15.3. The molecule has 1 saturated heterocycles. The molecular weight excluding hydrogens is 493 g/mol. The molecule has 6 nitrogen and oxygen atoms in total. The number of phenols is 1. The van der Waals surface area contributed by atoms with Gasteiger partial charge in [0.2, 0.25) is 0 Å². The number of halogens is 2. The molecule has 4 rings (SSSR count). The number of aliphatic hydroxyl groups excluding tert-OH is 1. The maximum Gasteiger partial charge on any atom is 0.305 e. The minimum absolute atomic E-state index is 0. The summed E-state index contributed by atoms with van der Waals surface area (Å²) >= 11 is 1.01. The van der Waals surface area contributed by atoms with Gasteiger partial charge in [-0.3, -0.25) is 4.79 Å². The highest BCUT2D eigenvalue weighted by atomic mass is 35.5. The first-order valence-electron chi connectivity index (χ1n) is 11.6. The van der Waals surface area contributed by atoms with E-state index in [1.807, 2.05) is 0 Å². The van der Waals surface area contributed by atoms with E-state index in [0.29, 0.717) is 22.3 Å². The van der Waals surface area contributed by atoms with E-state index >= 15 is 0 Å². The fraction of sp³-hybridized carbons (Fsp3) is 0.480. The van der Waals surface area contributed by atoms with Gasteiger partial charge in [0.25, 0.3) is 0 Å². The number of nitrogens with one attached hydrogen (secondary N) is 2. The van der Waals surface area contributed by atoms with Gasteiger partial charge in [-0.1, -0.05) is 54.5 Å². The maximum atomic E-state index is 11.7. The predicted molar refractivity (Wildman–Crippen MR) is 145 cm³/mol. The average Bonchev–Trinajstić information content (AvgIpc) is 3.01. The molecule has 0 spiro atoms. The van der Waals surface area contributed by atoms with Gasteiger partial charge in [0.1, 0.15) is 11.3 Å². The number of thiazole rings is 1. The zero-order valence-electron chi connectivity index (χ0n) is 19.3. The quantitative estimate of drug-likeness (QED) is 0.309. The summed E-state index contributed by atoms with van der Waals surface area (Å²) in [6, 6.07) is 12.0. The van der Waals surface area contributed by atoms with Crippen LogP contribution in [0.15, 0.2) is 41.2 Å². The number of hydrogen-bond acceptors (Lipinski definition) is 6. The zero-order chi connectivity index (χ0) is 22.3. The van der Waals surface area contributed by atoms with E-state index in [4.69, 9.17) is 0 Å². The molecule has 1 aliphatic heterocycles. The van der Waals surface area contributed by atoms with E-state index in [1.165, 1.54) is 56.0 Å². The smallest absolute Gasteiger partial charge is 0.305 e. The molecule has 34 heavy (non-hydrogen) atoms. The van der Waals surface area contributed by atoms with Gasteiger partial charge < -0.3 is 25.4 Å². The lowest BCUT2D eigenvalue weighted by molar-refractivity contribution is 0.176. The third-order valence-corrected chi connectivity index (χ3v) is 7.21. The Morgan fingerprint density at radius 1 is 1.03 bits per heavy atom. The molecule has 1 atom stereocenters. The summed E-state index contributed by atoms with van der Waals surface area (Å²) in [4.78, 5) is 16.7. The van der Waals surface area contributed by atoms with Crippen molar-refractivity contribution < 1.29 is 10.2 Å². The van der Waals surface area contributed by atoms with Gasteiger partial charge in [0, 0.05) is 18.7 Å². The number of nitrogens with zero attached hydrogens (tertiary/aromatic N) is 1. The van der Waals surface area contributed by atoms with E-state index in [2.05, 4.69) is 39.5 Å². The molecule has 0 aliphatic carbocycles. The summed E-state index contributed by atoms with van der Waals surface area (Å²) in [6.07, 6.45) is 6.65. The Morgan fingerprint density at radius 3 is 2.47 bits per heavy atom. The van der Waals surface area contributed by atoms with Crippen LogP contribution in [0.4, 0.5) is 0 Å². The van der Waals surface area contributed by atoms with Crippen molar-refractivity contribution in [2.45, 2.75) is 44.6 Å². The molecule has 0 radical (unpaired) electrons. The molecule has 0 amide bonds. The number of rotatable bonds is 9. The third-order valence-electron chi connectivity index (χ3n) is 6.28. The van der Waals surface area contributed by atoms with Crippen molar-refractivity contribution >= 4 is 46.4 Å². The van der Waals surface area contributed by atoms with E-state index in [0.717, 1.165) is 37.3 Å². The maximum absolute atomic E-state index is 11.7. The first-order chi connectivity index (χ1) is 15.6. The molecule has 1 aliphatic rings. The van der Waals surface area contributed by atoms with E-state index in [9.17, 15) is 15.0 Å². The van der Waals surface area contributed by atoms with Crippen molar-refractivity contribution in [2.75, 3.05) is 32.7 Å². The second kappa shape index (κ2) is 14.1. The van der Waals surface area contributed by atoms with Crippen molar-refractivity contribution in [3.8, 4) is 5.75 Å². The summed E-state index contributed by atoms with van der Waals surface area (Å²) in [6.45, 7) is 4.76. The number of aliphatic hydroxyl groups is 1. The summed E-state index contributed by atoms with van der Waals surface area (Å²) < 4.78 is 0.612. The Hall–Kier alpha value is -1.61. The number of fused-ring (bicyclic) bond motifs is 1. The SMILES string of the molecule is Cl.Cl.O=c1[nH]c2c(O)ccc(C(O)CNCCc3cccc(CCN4CCCCCC4)c3)c2s1. The highest BCUT2D eigenvalue weighted by Crippen LogP contribution is 2.31. The predicted octanol–water partition coefficient (Wildman–Crippen LogP) is 4.42. The number of aromatic amines is 1. The van der Waals surface area contributed by atoms with Crippen LogP contribution in [-0.4, -0.2) is 52.8 Å².